The fraction of sp³-hybridized carbons (Fsp3) is 0.357. The Kier molecular flexibility index (Phi) is 4.68. The Balaban J connectivity index is 2.20. The number of carbonyl (C=O) groups is 1. The van der Waals surface area contributed by atoms with E-state index in [-0.39, 0.29) is 17.4 Å². The zero-order valence-electron chi connectivity index (χ0n) is 11.5. The summed E-state index contributed by atoms with van der Waals surface area (Å²) in [5, 5.41) is 6.05. The van der Waals surface area contributed by atoms with Gasteiger partial charge in [-0.05, 0) is 30.8 Å². The van der Waals surface area contributed by atoms with Crippen LogP contribution in [0.25, 0.3) is 0 Å². The van der Waals surface area contributed by atoms with Crippen molar-refractivity contribution in [1.29, 1.82) is 0 Å². The van der Waals surface area contributed by atoms with Gasteiger partial charge in [0, 0.05) is 6.54 Å². The standard InChI is InChI=1S/C14H18N4OS/c1-2-3-9-17(14(15)20)12-10-13(19)18(16-12)11-7-5-4-6-8-11/h4-8H,2-3,9-10H2,1H3,(H2,15,20). The van der Waals surface area contributed by atoms with Gasteiger partial charge in [0.2, 0.25) is 0 Å². The molecule has 1 aromatic carbocycles. The van der Waals surface area contributed by atoms with E-state index in [1.807, 2.05) is 30.3 Å². The van der Waals surface area contributed by atoms with Crippen LogP contribution in [-0.2, 0) is 4.79 Å². The van der Waals surface area contributed by atoms with Gasteiger partial charge in [0.1, 0.15) is 5.84 Å². The number of para-hydroxylation sites is 1. The molecular formula is C14H18N4OS. The summed E-state index contributed by atoms with van der Waals surface area (Å²) in [6.07, 6.45) is 2.22. The molecule has 0 saturated heterocycles. The van der Waals surface area contributed by atoms with Gasteiger partial charge in [0.05, 0.1) is 12.1 Å². The molecule has 0 aromatic heterocycles. The maximum atomic E-state index is 12.1. The highest BCUT2D eigenvalue weighted by Gasteiger charge is 2.29. The summed E-state index contributed by atoms with van der Waals surface area (Å²) in [7, 11) is 0. The second-order valence-corrected chi connectivity index (χ2v) is 5.00. The smallest absolute Gasteiger partial charge is 0.255 e. The fourth-order valence-corrected chi connectivity index (χ4v) is 2.22. The van der Waals surface area contributed by atoms with Crippen LogP contribution in [0.5, 0.6) is 0 Å². The van der Waals surface area contributed by atoms with Crippen molar-refractivity contribution in [3.8, 4) is 0 Å². The lowest BCUT2D eigenvalue weighted by molar-refractivity contribution is -0.116. The number of benzene rings is 1. The van der Waals surface area contributed by atoms with Crippen LogP contribution < -0.4 is 10.7 Å². The van der Waals surface area contributed by atoms with Crippen molar-refractivity contribution in [3.05, 3.63) is 30.3 Å². The Hall–Kier alpha value is -1.95. The summed E-state index contributed by atoms with van der Waals surface area (Å²) < 4.78 is 0. The van der Waals surface area contributed by atoms with Crippen LogP contribution in [0.3, 0.4) is 0 Å². The molecule has 0 atom stereocenters. The lowest BCUT2D eigenvalue weighted by Crippen LogP contribution is -2.40. The Morgan fingerprint density at radius 3 is 2.75 bits per heavy atom. The molecule has 1 aliphatic rings. The Morgan fingerprint density at radius 2 is 2.15 bits per heavy atom. The summed E-state index contributed by atoms with van der Waals surface area (Å²) >= 11 is 5.05. The van der Waals surface area contributed by atoms with E-state index in [0.717, 1.165) is 18.5 Å². The predicted octanol–water partition coefficient (Wildman–Crippen LogP) is 2.08. The third kappa shape index (κ3) is 3.14. The maximum Gasteiger partial charge on any atom is 0.255 e. The molecule has 20 heavy (non-hydrogen) atoms. The van der Waals surface area contributed by atoms with Crippen LogP contribution in [0.15, 0.2) is 35.4 Å². The van der Waals surface area contributed by atoms with Crippen molar-refractivity contribution < 1.29 is 4.79 Å². The number of amides is 1. The van der Waals surface area contributed by atoms with Crippen molar-refractivity contribution in [2.45, 2.75) is 26.2 Å². The van der Waals surface area contributed by atoms with Crippen LogP contribution in [-0.4, -0.2) is 28.3 Å². The molecule has 1 aromatic rings. The summed E-state index contributed by atoms with van der Waals surface area (Å²) in [6, 6.07) is 9.34. The van der Waals surface area contributed by atoms with E-state index in [2.05, 4.69) is 12.0 Å². The van der Waals surface area contributed by atoms with E-state index in [9.17, 15) is 4.79 Å². The molecule has 0 aliphatic carbocycles. The fourth-order valence-electron chi connectivity index (χ4n) is 2.02. The molecule has 2 rings (SSSR count). The summed E-state index contributed by atoms with van der Waals surface area (Å²) in [4.78, 5) is 13.8. The molecule has 0 radical (unpaired) electrons. The molecule has 1 aliphatic heterocycles. The average Bonchev–Trinajstić information content (AvgIpc) is 2.82. The van der Waals surface area contributed by atoms with E-state index in [0.29, 0.717) is 12.4 Å². The van der Waals surface area contributed by atoms with Crippen molar-refractivity contribution in [3.63, 3.8) is 0 Å². The monoisotopic (exact) mass is 290 g/mol. The van der Waals surface area contributed by atoms with Crippen LogP contribution in [0.2, 0.25) is 0 Å². The predicted molar refractivity (Wildman–Crippen MR) is 84.4 cm³/mol. The number of amidine groups is 1. The van der Waals surface area contributed by atoms with E-state index in [4.69, 9.17) is 18.0 Å². The number of rotatable bonds is 4. The maximum absolute atomic E-state index is 12.1. The molecule has 6 heteroatoms. The largest absolute Gasteiger partial charge is 0.376 e. The Labute approximate surface area is 124 Å². The van der Waals surface area contributed by atoms with Gasteiger partial charge in [0.25, 0.3) is 5.91 Å². The van der Waals surface area contributed by atoms with E-state index >= 15 is 0 Å². The molecule has 1 heterocycles. The first kappa shape index (κ1) is 14.5. The van der Waals surface area contributed by atoms with Crippen LogP contribution in [0.1, 0.15) is 26.2 Å². The van der Waals surface area contributed by atoms with Crippen molar-refractivity contribution in [2.75, 3.05) is 11.6 Å². The van der Waals surface area contributed by atoms with Gasteiger partial charge in [-0.2, -0.15) is 10.1 Å². The number of carbonyl (C=O) groups excluding carboxylic acids is 1. The topological polar surface area (TPSA) is 61.9 Å². The first-order valence-electron chi connectivity index (χ1n) is 6.66. The van der Waals surface area contributed by atoms with Crippen molar-refractivity contribution >= 4 is 34.8 Å². The van der Waals surface area contributed by atoms with Gasteiger partial charge < -0.3 is 10.6 Å². The minimum absolute atomic E-state index is 0.0658. The molecule has 0 bridgehead atoms. The zero-order chi connectivity index (χ0) is 14.5. The third-order valence-electron chi connectivity index (χ3n) is 3.07. The molecule has 0 saturated carbocycles. The number of unbranched alkanes of at least 4 members (excludes halogenated alkanes) is 1. The highest BCUT2D eigenvalue weighted by molar-refractivity contribution is 7.80. The van der Waals surface area contributed by atoms with E-state index in [1.54, 1.807) is 4.90 Å². The van der Waals surface area contributed by atoms with Gasteiger partial charge in [-0.1, -0.05) is 31.5 Å². The van der Waals surface area contributed by atoms with E-state index in [1.165, 1.54) is 5.01 Å². The lowest BCUT2D eigenvalue weighted by Gasteiger charge is -2.21. The van der Waals surface area contributed by atoms with Gasteiger partial charge in [0.15, 0.2) is 5.11 Å². The molecule has 0 spiro atoms. The van der Waals surface area contributed by atoms with Crippen LogP contribution in [0.4, 0.5) is 5.69 Å². The molecular weight excluding hydrogens is 272 g/mol. The second kappa shape index (κ2) is 6.47. The Morgan fingerprint density at radius 1 is 1.45 bits per heavy atom. The van der Waals surface area contributed by atoms with Crippen molar-refractivity contribution in [1.82, 2.24) is 4.90 Å². The SMILES string of the molecule is CCCCN(C(N)=S)C1=NN(c2ccccc2)C(=O)C1. The average molecular weight is 290 g/mol. The number of thiocarbonyl (C=S) groups is 1. The summed E-state index contributed by atoms with van der Waals surface area (Å²) in [6.45, 7) is 2.79. The number of anilines is 1. The molecule has 1 amide bonds. The van der Waals surface area contributed by atoms with Crippen LogP contribution >= 0.6 is 12.2 Å². The molecule has 0 fully saturated rings. The third-order valence-corrected chi connectivity index (χ3v) is 3.30. The number of hydrazone groups is 1. The quantitative estimate of drug-likeness (QED) is 0.862. The minimum Gasteiger partial charge on any atom is -0.376 e. The molecule has 5 nitrogen and oxygen atoms in total. The van der Waals surface area contributed by atoms with Gasteiger partial charge in [-0.15, -0.1) is 0 Å². The summed E-state index contributed by atoms with van der Waals surface area (Å²) in [5.74, 6) is 0.559. The minimum atomic E-state index is -0.0658. The van der Waals surface area contributed by atoms with Gasteiger partial charge in [-0.25, -0.2) is 0 Å². The molecule has 0 unspecified atom stereocenters. The first-order valence-corrected chi connectivity index (χ1v) is 7.06. The van der Waals surface area contributed by atoms with Gasteiger partial charge in [-0.3, -0.25) is 4.79 Å². The normalized spacial score (nSPS) is 14.3. The number of hydrogen-bond donors (Lipinski definition) is 1. The Bertz CT molecular complexity index is 529. The second-order valence-electron chi connectivity index (χ2n) is 4.58. The van der Waals surface area contributed by atoms with E-state index < -0.39 is 0 Å². The zero-order valence-corrected chi connectivity index (χ0v) is 12.3. The van der Waals surface area contributed by atoms with Crippen molar-refractivity contribution in [2.24, 2.45) is 10.8 Å². The highest BCUT2D eigenvalue weighted by Crippen LogP contribution is 2.21. The number of nitrogens with two attached hydrogens (primary N) is 1. The highest BCUT2D eigenvalue weighted by atomic mass is 32.1. The lowest BCUT2D eigenvalue weighted by atomic mass is 10.3. The summed E-state index contributed by atoms with van der Waals surface area (Å²) in [5.41, 5.74) is 6.49. The van der Waals surface area contributed by atoms with Crippen LogP contribution in [0, 0.1) is 0 Å². The molecule has 2 N–H and O–H groups in total. The molecule has 106 valence electrons. The number of nitrogens with zero attached hydrogens (tertiary/aromatic N) is 3. The van der Waals surface area contributed by atoms with Gasteiger partial charge >= 0.3 is 0 Å². The number of hydrogen-bond acceptors (Lipinski definition) is 3. The first-order chi connectivity index (χ1) is 9.63.